The molecule has 1 fully saturated rings. The molecule has 0 unspecified atom stereocenters. The van der Waals surface area contributed by atoms with Crippen LogP contribution >= 0.6 is 0 Å². The van der Waals surface area contributed by atoms with Gasteiger partial charge in [0, 0.05) is 5.69 Å². The average molecular weight is 240 g/mol. The van der Waals surface area contributed by atoms with Gasteiger partial charge in [-0.25, -0.2) is 8.42 Å². The quantitative estimate of drug-likeness (QED) is 0.750. The fourth-order valence-corrected chi connectivity index (χ4v) is 3.80. The lowest BCUT2D eigenvalue weighted by atomic mass is 10.2. The van der Waals surface area contributed by atoms with Gasteiger partial charge >= 0.3 is 0 Å². The molecule has 16 heavy (non-hydrogen) atoms. The monoisotopic (exact) mass is 240 g/mol. The van der Waals surface area contributed by atoms with E-state index in [1.54, 1.807) is 18.2 Å². The van der Waals surface area contributed by atoms with Crippen molar-refractivity contribution in [2.24, 2.45) is 0 Å². The number of hydrogen-bond acceptors (Lipinski definition) is 4. The number of sulfone groups is 1. The number of nitrogen functional groups attached to an aromatic ring is 1. The van der Waals surface area contributed by atoms with E-state index in [0.29, 0.717) is 23.4 Å². The van der Waals surface area contributed by atoms with Crippen molar-refractivity contribution in [2.75, 3.05) is 18.8 Å². The third kappa shape index (κ3) is 2.20. The first-order chi connectivity index (χ1) is 7.60. The minimum Gasteiger partial charge on any atom is -0.399 e. The summed E-state index contributed by atoms with van der Waals surface area (Å²) in [6.07, 6.45) is 1.36. The van der Waals surface area contributed by atoms with Crippen LogP contribution in [0.5, 0.6) is 0 Å². The first kappa shape index (κ1) is 11.4. The Hall–Kier alpha value is -1.07. The maximum atomic E-state index is 12.3. The van der Waals surface area contributed by atoms with Gasteiger partial charge in [0.15, 0.2) is 9.84 Å². The molecular formula is C11H16N2O2S. The van der Waals surface area contributed by atoms with Gasteiger partial charge in [-0.3, -0.25) is 0 Å². The molecule has 1 aliphatic rings. The summed E-state index contributed by atoms with van der Waals surface area (Å²) in [6.45, 7) is 1.54. The maximum absolute atomic E-state index is 12.3. The summed E-state index contributed by atoms with van der Waals surface area (Å²) in [6, 6.07) is 6.54. The Labute approximate surface area is 95.8 Å². The zero-order valence-corrected chi connectivity index (χ0v) is 9.83. The van der Waals surface area contributed by atoms with E-state index in [-0.39, 0.29) is 5.25 Å². The SMILES string of the molecule is Nc1cccc(S(=O)(=O)C2CCNCC2)c1. The van der Waals surface area contributed by atoms with Gasteiger partial charge < -0.3 is 11.1 Å². The molecule has 1 aromatic rings. The van der Waals surface area contributed by atoms with E-state index in [2.05, 4.69) is 5.32 Å². The molecule has 0 atom stereocenters. The van der Waals surface area contributed by atoms with E-state index >= 15 is 0 Å². The molecule has 0 aromatic heterocycles. The highest BCUT2D eigenvalue weighted by atomic mass is 32.2. The zero-order chi connectivity index (χ0) is 11.6. The molecule has 0 aliphatic carbocycles. The Morgan fingerprint density at radius 1 is 1.25 bits per heavy atom. The molecular weight excluding hydrogens is 224 g/mol. The van der Waals surface area contributed by atoms with Crippen molar-refractivity contribution >= 4 is 15.5 Å². The van der Waals surface area contributed by atoms with Crippen molar-refractivity contribution in [1.29, 1.82) is 0 Å². The average Bonchev–Trinajstić information content (AvgIpc) is 2.30. The summed E-state index contributed by atoms with van der Waals surface area (Å²) in [5.41, 5.74) is 6.10. The van der Waals surface area contributed by atoms with Gasteiger partial charge in [-0.15, -0.1) is 0 Å². The highest BCUT2D eigenvalue weighted by Crippen LogP contribution is 2.23. The smallest absolute Gasteiger partial charge is 0.181 e. The van der Waals surface area contributed by atoms with E-state index in [1.165, 1.54) is 6.07 Å². The molecule has 0 spiro atoms. The lowest BCUT2D eigenvalue weighted by molar-refractivity contribution is 0.496. The van der Waals surface area contributed by atoms with E-state index < -0.39 is 9.84 Å². The molecule has 2 rings (SSSR count). The van der Waals surface area contributed by atoms with Crippen molar-refractivity contribution in [3.8, 4) is 0 Å². The molecule has 5 heteroatoms. The van der Waals surface area contributed by atoms with Crippen LogP contribution in [0, 0.1) is 0 Å². The fraction of sp³-hybridized carbons (Fsp3) is 0.455. The van der Waals surface area contributed by atoms with Crippen molar-refractivity contribution in [3.05, 3.63) is 24.3 Å². The van der Waals surface area contributed by atoms with Crippen LogP contribution in [0.4, 0.5) is 5.69 Å². The van der Waals surface area contributed by atoms with Crippen molar-refractivity contribution in [1.82, 2.24) is 5.32 Å². The number of benzene rings is 1. The van der Waals surface area contributed by atoms with E-state index in [1.807, 2.05) is 0 Å². The second-order valence-electron chi connectivity index (χ2n) is 4.07. The fourth-order valence-electron chi connectivity index (χ4n) is 1.99. The summed E-state index contributed by atoms with van der Waals surface area (Å²) >= 11 is 0. The predicted octanol–water partition coefficient (Wildman–Crippen LogP) is 0.794. The highest BCUT2D eigenvalue weighted by Gasteiger charge is 2.28. The lowest BCUT2D eigenvalue weighted by Gasteiger charge is -2.22. The molecule has 0 saturated carbocycles. The largest absolute Gasteiger partial charge is 0.399 e. The van der Waals surface area contributed by atoms with Crippen LogP contribution < -0.4 is 11.1 Å². The highest BCUT2D eigenvalue weighted by molar-refractivity contribution is 7.92. The summed E-state index contributed by atoms with van der Waals surface area (Å²) in [4.78, 5) is 0.347. The Kier molecular flexibility index (Phi) is 3.16. The number of hydrogen-bond donors (Lipinski definition) is 2. The van der Waals surface area contributed by atoms with Crippen LogP contribution in [0.3, 0.4) is 0 Å². The second kappa shape index (κ2) is 4.43. The molecule has 1 saturated heterocycles. The van der Waals surface area contributed by atoms with E-state index in [9.17, 15) is 8.42 Å². The number of anilines is 1. The standard InChI is InChI=1S/C11H16N2O2S/c12-9-2-1-3-11(8-9)16(14,15)10-4-6-13-7-5-10/h1-3,8,10,13H,4-7,12H2. The molecule has 0 amide bonds. The first-order valence-corrected chi connectivity index (χ1v) is 6.95. The van der Waals surface area contributed by atoms with Crippen LogP contribution in [-0.4, -0.2) is 26.8 Å². The van der Waals surface area contributed by atoms with Gasteiger partial charge in [0.1, 0.15) is 0 Å². The summed E-state index contributed by atoms with van der Waals surface area (Å²) in [7, 11) is -3.20. The number of nitrogens with two attached hydrogens (primary N) is 1. The summed E-state index contributed by atoms with van der Waals surface area (Å²) in [5.74, 6) is 0. The van der Waals surface area contributed by atoms with Crippen LogP contribution in [0.25, 0.3) is 0 Å². The molecule has 1 aliphatic heterocycles. The van der Waals surface area contributed by atoms with Crippen LogP contribution in [0.2, 0.25) is 0 Å². The van der Waals surface area contributed by atoms with Gasteiger partial charge in [0.2, 0.25) is 0 Å². The van der Waals surface area contributed by atoms with Crippen LogP contribution in [0.15, 0.2) is 29.2 Å². The minimum absolute atomic E-state index is 0.268. The van der Waals surface area contributed by atoms with Crippen molar-refractivity contribution in [2.45, 2.75) is 23.0 Å². The Morgan fingerprint density at radius 3 is 2.56 bits per heavy atom. The normalized spacial score (nSPS) is 18.5. The van der Waals surface area contributed by atoms with Crippen LogP contribution in [0.1, 0.15) is 12.8 Å². The van der Waals surface area contributed by atoms with E-state index in [0.717, 1.165) is 13.1 Å². The summed E-state index contributed by atoms with van der Waals surface area (Å²) in [5, 5.41) is 2.89. The van der Waals surface area contributed by atoms with Gasteiger partial charge in [-0.2, -0.15) is 0 Å². The molecule has 3 N–H and O–H groups in total. The molecule has 1 aromatic carbocycles. The van der Waals surface area contributed by atoms with Gasteiger partial charge in [0.25, 0.3) is 0 Å². The minimum atomic E-state index is -3.20. The first-order valence-electron chi connectivity index (χ1n) is 5.41. The zero-order valence-electron chi connectivity index (χ0n) is 9.02. The Balaban J connectivity index is 2.30. The van der Waals surface area contributed by atoms with Gasteiger partial charge in [0.05, 0.1) is 10.1 Å². The predicted molar refractivity (Wildman–Crippen MR) is 63.9 cm³/mol. The van der Waals surface area contributed by atoms with Gasteiger partial charge in [-0.1, -0.05) is 6.07 Å². The molecule has 4 nitrogen and oxygen atoms in total. The van der Waals surface area contributed by atoms with E-state index in [4.69, 9.17) is 5.73 Å². The Bertz CT molecular complexity index is 465. The molecule has 0 bridgehead atoms. The maximum Gasteiger partial charge on any atom is 0.181 e. The van der Waals surface area contributed by atoms with Gasteiger partial charge in [-0.05, 0) is 44.1 Å². The van der Waals surface area contributed by atoms with Crippen LogP contribution in [-0.2, 0) is 9.84 Å². The topological polar surface area (TPSA) is 72.2 Å². The Morgan fingerprint density at radius 2 is 1.94 bits per heavy atom. The summed E-state index contributed by atoms with van der Waals surface area (Å²) < 4.78 is 24.5. The number of rotatable bonds is 2. The molecule has 0 radical (unpaired) electrons. The second-order valence-corrected chi connectivity index (χ2v) is 6.29. The molecule has 1 heterocycles. The number of nitrogens with one attached hydrogen (secondary N) is 1. The van der Waals surface area contributed by atoms with Crippen molar-refractivity contribution < 1.29 is 8.42 Å². The van der Waals surface area contributed by atoms with Crippen molar-refractivity contribution in [3.63, 3.8) is 0 Å². The molecule has 88 valence electrons. The third-order valence-electron chi connectivity index (χ3n) is 2.91. The number of piperidine rings is 1. The third-order valence-corrected chi connectivity index (χ3v) is 5.17. The lowest BCUT2D eigenvalue weighted by Crippen LogP contribution is -2.35.